The highest BCUT2D eigenvalue weighted by Crippen LogP contribution is 2.31. The minimum absolute atomic E-state index is 0.0971. The number of carbonyl (C=O) groups is 1. The zero-order chi connectivity index (χ0) is 12.8. The van der Waals surface area contributed by atoms with Crippen molar-refractivity contribution in [2.24, 2.45) is 5.73 Å². The van der Waals surface area contributed by atoms with E-state index in [1.165, 1.54) is 0 Å². The van der Waals surface area contributed by atoms with Crippen molar-refractivity contribution in [2.45, 2.75) is 50.6 Å². The van der Waals surface area contributed by atoms with Crippen molar-refractivity contribution in [2.75, 3.05) is 6.54 Å². The lowest BCUT2D eigenvalue weighted by Gasteiger charge is -2.37. The van der Waals surface area contributed by atoms with Crippen molar-refractivity contribution < 1.29 is 4.79 Å². The number of nitrogens with two attached hydrogens (primary N) is 1. The van der Waals surface area contributed by atoms with Gasteiger partial charge in [-0.25, -0.2) is 4.98 Å². The first kappa shape index (κ1) is 13.1. The fourth-order valence-corrected chi connectivity index (χ4v) is 2.26. The maximum Gasteiger partial charge on any atom is 0.221 e. The van der Waals surface area contributed by atoms with Gasteiger partial charge in [-0.1, -0.05) is 0 Å². The number of aromatic nitrogens is 2. The van der Waals surface area contributed by atoms with E-state index in [2.05, 4.69) is 10.3 Å². The molecule has 0 radical (unpaired) electrons. The first-order chi connectivity index (χ1) is 8.68. The summed E-state index contributed by atoms with van der Waals surface area (Å²) in [5, 5.41) is 2.94. The molecular formula is C13H22N4O. The van der Waals surface area contributed by atoms with Crippen LogP contribution in [0.5, 0.6) is 0 Å². The fraction of sp³-hybridized carbons (Fsp3) is 0.692. The van der Waals surface area contributed by atoms with Gasteiger partial charge in [0.25, 0.3) is 0 Å². The smallest absolute Gasteiger partial charge is 0.221 e. The highest BCUT2D eigenvalue weighted by molar-refractivity contribution is 5.77. The molecule has 1 aromatic rings. The first-order valence-corrected chi connectivity index (χ1v) is 6.69. The van der Waals surface area contributed by atoms with Crippen LogP contribution in [0.1, 0.15) is 38.5 Å². The third kappa shape index (κ3) is 3.84. The topological polar surface area (TPSA) is 72.9 Å². The molecule has 0 aromatic carbocycles. The second kappa shape index (κ2) is 6.00. The van der Waals surface area contributed by atoms with Crippen LogP contribution in [0, 0.1) is 0 Å². The minimum atomic E-state index is -0.207. The molecule has 0 bridgehead atoms. The zero-order valence-electron chi connectivity index (χ0n) is 10.8. The van der Waals surface area contributed by atoms with Crippen LogP contribution in [0.15, 0.2) is 18.7 Å². The standard InChI is InChI=1S/C13H22N4O/c14-13(4-3-5-13)10-12(18)16-6-1-2-8-17-9-7-15-11-17/h7,9,11H,1-6,8,10,14H2,(H,16,18). The number of hydrogen-bond donors (Lipinski definition) is 2. The summed E-state index contributed by atoms with van der Waals surface area (Å²) in [5.74, 6) is 0.0971. The van der Waals surface area contributed by atoms with Gasteiger partial charge in [-0.2, -0.15) is 0 Å². The molecule has 18 heavy (non-hydrogen) atoms. The fourth-order valence-electron chi connectivity index (χ4n) is 2.26. The van der Waals surface area contributed by atoms with Crippen LogP contribution < -0.4 is 11.1 Å². The average Bonchev–Trinajstić information content (AvgIpc) is 2.79. The molecule has 0 aliphatic heterocycles. The summed E-state index contributed by atoms with van der Waals surface area (Å²) >= 11 is 0. The molecular weight excluding hydrogens is 228 g/mol. The largest absolute Gasteiger partial charge is 0.356 e. The number of rotatable bonds is 7. The Kier molecular flexibility index (Phi) is 4.36. The predicted molar refractivity (Wildman–Crippen MR) is 69.9 cm³/mol. The molecule has 2 rings (SSSR count). The van der Waals surface area contributed by atoms with Crippen molar-refractivity contribution in [3.63, 3.8) is 0 Å². The van der Waals surface area contributed by atoms with Gasteiger partial charge in [-0.15, -0.1) is 0 Å². The molecule has 5 nitrogen and oxygen atoms in total. The molecule has 1 heterocycles. The number of aryl methyl sites for hydroxylation is 1. The number of carbonyl (C=O) groups excluding carboxylic acids is 1. The van der Waals surface area contributed by atoms with Crippen LogP contribution in [0.25, 0.3) is 0 Å². The quantitative estimate of drug-likeness (QED) is 0.710. The Morgan fingerprint density at radius 1 is 1.44 bits per heavy atom. The van der Waals surface area contributed by atoms with E-state index in [9.17, 15) is 4.79 Å². The average molecular weight is 250 g/mol. The maximum atomic E-state index is 11.6. The Morgan fingerprint density at radius 2 is 2.28 bits per heavy atom. The molecule has 0 unspecified atom stereocenters. The van der Waals surface area contributed by atoms with Gasteiger partial charge in [0.2, 0.25) is 5.91 Å². The number of unbranched alkanes of at least 4 members (excludes halogenated alkanes) is 1. The van der Waals surface area contributed by atoms with Crippen LogP contribution in [0.2, 0.25) is 0 Å². The van der Waals surface area contributed by atoms with Crippen molar-refractivity contribution in [3.8, 4) is 0 Å². The van der Waals surface area contributed by atoms with Gasteiger partial charge in [-0.3, -0.25) is 4.79 Å². The SMILES string of the molecule is NC1(CC(=O)NCCCCn2ccnc2)CCC1. The first-order valence-electron chi connectivity index (χ1n) is 6.69. The van der Waals surface area contributed by atoms with Gasteiger partial charge in [-0.05, 0) is 32.1 Å². The molecule has 100 valence electrons. The molecule has 1 fully saturated rings. The second-order valence-corrected chi connectivity index (χ2v) is 5.25. The third-order valence-electron chi connectivity index (χ3n) is 3.59. The molecule has 1 amide bonds. The van der Waals surface area contributed by atoms with Gasteiger partial charge in [0, 0.05) is 37.4 Å². The monoisotopic (exact) mass is 250 g/mol. The minimum Gasteiger partial charge on any atom is -0.356 e. The number of imidazole rings is 1. The third-order valence-corrected chi connectivity index (χ3v) is 3.59. The van der Waals surface area contributed by atoms with E-state index in [1.54, 1.807) is 6.20 Å². The predicted octanol–water partition coefficient (Wildman–Crippen LogP) is 1.05. The lowest BCUT2D eigenvalue weighted by atomic mass is 9.75. The summed E-state index contributed by atoms with van der Waals surface area (Å²) < 4.78 is 2.05. The highest BCUT2D eigenvalue weighted by atomic mass is 16.1. The summed E-state index contributed by atoms with van der Waals surface area (Å²) in [5.41, 5.74) is 5.82. The summed E-state index contributed by atoms with van der Waals surface area (Å²) in [6, 6.07) is 0. The van der Waals surface area contributed by atoms with E-state index in [0.29, 0.717) is 6.42 Å². The maximum absolute atomic E-state index is 11.6. The Morgan fingerprint density at radius 3 is 2.89 bits per heavy atom. The number of amides is 1. The van der Waals surface area contributed by atoms with Crippen molar-refractivity contribution in [1.29, 1.82) is 0 Å². The van der Waals surface area contributed by atoms with Crippen LogP contribution in [0.3, 0.4) is 0 Å². The molecule has 1 aliphatic carbocycles. The Bertz CT molecular complexity index is 370. The van der Waals surface area contributed by atoms with Crippen molar-refractivity contribution >= 4 is 5.91 Å². The molecule has 1 saturated carbocycles. The lowest BCUT2D eigenvalue weighted by molar-refractivity contribution is -0.123. The molecule has 1 aliphatic rings. The normalized spacial score (nSPS) is 17.2. The second-order valence-electron chi connectivity index (χ2n) is 5.25. The van der Waals surface area contributed by atoms with E-state index >= 15 is 0 Å². The van der Waals surface area contributed by atoms with Gasteiger partial charge in [0.1, 0.15) is 0 Å². The molecule has 3 N–H and O–H groups in total. The number of nitrogens with zero attached hydrogens (tertiary/aromatic N) is 2. The number of hydrogen-bond acceptors (Lipinski definition) is 3. The van der Waals surface area contributed by atoms with Crippen LogP contribution in [0.4, 0.5) is 0 Å². The Hall–Kier alpha value is -1.36. The highest BCUT2D eigenvalue weighted by Gasteiger charge is 2.34. The van der Waals surface area contributed by atoms with Gasteiger partial charge >= 0.3 is 0 Å². The molecule has 5 heteroatoms. The Labute approximate surface area is 108 Å². The summed E-state index contributed by atoms with van der Waals surface area (Å²) in [7, 11) is 0. The van der Waals surface area contributed by atoms with Gasteiger partial charge in [0.15, 0.2) is 0 Å². The van der Waals surface area contributed by atoms with E-state index in [-0.39, 0.29) is 11.4 Å². The van der Waals surface area contributed by atoms with Crippen molar-refractivity contribution in [3.05, 3.63) is 18.7 Å². The van der Waals surface area contributed by atoms with Crippen LogP contribution in [-0.4, -0.2) is 27.5 Å². The lowest BCUT2D eigenvalue weighted by Crippen LogP contribution is -2.50. The molecule has 0 saturated heterocycles. The van der Waals surface area contributed by atoms with Crippen LogP contribution in [-0.2, 0) is 11.3 Å². The van der Waals surface area contributed by atoms with Gasteiger partial charge < -0.3 is 15.6 Å². The van der Waals surface area contributed by atoms with E-state index < -0.39 is 0 Å². The summed E-state index contributed by atoms with van der Waals surface area (Å²) in [6.07, 6.45) is 11.2. The summed E-state index contributed by atoms with van der Waals surface area (Å²) in [6.45, 7) is 1.69. The zero-order valence-corrected chi connectivity index (χ0v) is 10.8. The molecule has 0 spiro atoms. The molecule has 0 atom stereocenters. The van der Waals surface area contributed by atoms with Gasteiger partial charge in [0.05, 0.1) is 6.33 Å². The van der Waals surface area contributed by atoms with E-state index in [4.69, 9.17) is 5.73 Å². The van der Waals surface area contributed by atoms with Crippen LogP contribution >= 0.6 is 0 Å². The molecule has 1 aromatic heterocycles. The number of nitrogens with one attached hydrogen (secondary N) is 1. The summed E-state index contributed by atoms with van der Waals surface area (Å²) in [4.78, 5) is 15.6. The Balaban J connectivity index is 1.51. The van der Waals surface area contributed by atoms with Crippen molar-refractivity contribution in [1.82, 2.24) is 14.9 Å². The van der Waals surface area contributed by atoms with E-state index in [0.717, 1.165) is 45.2 Å². The van der Waals surface area contributed by atoms with E-state index in [1.807, 2.05) is 17.1 Å².